The van der Waals surface area contributed by atoms with Gasteiger partial charge in [-0.05, 0) is 44.0 Å². The lowest BCUT2D eigenvalue weighted by Gasteiger charge is -2.49. The van der Waals surface area contributed by atoms with Gasteiger partial charge in [-0.25, -0.2) is 21.6 Å². The molecular formula is C22H29F3N4O2S. The molecule has 10 heteroatoms. The van der Waals surface area contributed by atoms with Crippen LogP contribution in [0.5, 0.6) is 0 Å². The normalized spacial score (nSPS) is 27.2. The van der Waals surface area contributed by atoms with E-state index >= 15 is 0 Å². The number of benzene rings is 1. The van der Waals surface area contributed by atoms with Gasteiger partial charge in [-0.15, -0.1) is 0 Å². The lowest BCUT2D eigenvalue weighted by atomic mass is 9.91. The van der Waals surface area contributed by atoms with Gasteiger partial charge in [0.2, 0.25) is 5.92 Å². The monoisotopic (exact) mass is 470 g/mol. The summed E-state index contributed by atoms with van der Waals surface area (Å²) in [6, 6.07) is 4.06. The molecule has 1 aromatic carbocycles. The van der Waals surface area contributed by atoms with Crippen LogP contribution in [0.4, 0.5) is 18.9 Å². The van der Waals surface area contributed by atoms with Gasteiger partial charge in [-0.1, -0.05) is 0 Å². The van der Waals surface area contributed by atoms with Gasteiger partial charge < -0.3 is 9.80 Å². The number of halogens is 3. The molecule has 0 amide bonds. The van der Waals surface area contributed by atoms with Crippen molar-refractivity contribution in [2.24, 2.45) is 4.99 Å². The van der Waals surface area contributed by atoms with E-state index in [0.29, 0.717) is 38.2 Å². The molecule has 6 nitrogen and oxygen atoms in total. The summed E-state index contributed by atoms with van der Waals surface area (Å²) in [6.45, 7) is 3.74. The van der Waals surface area contributed by atoms with Crippen LogP contribution in [-0.2, 0) is 9.84 Å². The Labute approximate surface area is 187 Å². The molecule has 176 valence electrons. The number of sulfone groups is 1. The molecule has 0 radical (unpaired) electrons. The summed E-state index contributed by atoms with van der Waals surface area (Å²) in [4.78, 5) is 10.8. The first kappa shape index (κ1) is 23.1. The lowest BCUT2D eigenvalue weighted by molar-refractivity contribution is -0.0653. The Morgan fingerprint density at radius 1 is 1.16 bits per heavy atom. The molecule has 2 fully saturated rings. The molecule has 1 unspecified atom stereocenters. The smallest absolute Gasteiger partial charge is 0.248 e. The van der Waals surface area contributed by atoms with E-state index in [2.05, 4.69) is 14.8 Å². The van der Waals surface area contributed by atoms with Crippen LogP contribution >= 0.6 is 0 Å². The number of hydrogen-bond acceptors (Lipinski definition) is 6. The third-order valence-corrected chi connectivity index (χ3v) is 7.71. The Morgan fingerprint density at radius 3 is 2.50 bits per heavy atom. The number of allylic oxidation sites excluding steroid dienone is 1. The maximum atomic E-state index is 14.7. The van der Waals surface area contributed by atoms with E-state index in [1.807, 2.05) is 24.1 Å². The zero-order chi connectivity index (χ0) is 23.1. The van der Waals surface area contributed by atoms with Crippen LogP contribution in [0, 0.1) is 5.82 Å². The average Bonchev–Trinajstić information content (AvgIpc) is 2.73. The second-order valence-electron chi connectivity index (χ2n) is 8.94. The summed E-state index contributed by atoms with van der Waals surface area (Å²) in [5.41, 5.74) is 0.377. The predicted octanol–water partition coefficient (Wildman–Crippen LogP) is 3.50. The largest absolute Gasteiger partial charge is 0.366 e. The van der Waals surface area contributed by atoms with Crippen molar-refractivity contribution in [1.82, 2.24) is 9.80 Å². The maximum Gasteiger partial charge on any atom is 0.248 e. The van der Waals surface area contributed by atoms with Gasteiger partial charge in [0.05, 0.1) is 10.6 Å². The number of anilines is 1. The second-order valence-corrected chi connectivity index (χ2v) is 11.0. The first-order valence-corrected chi connectivity index (χ1v) is 12.8. The standard InChI is InChI=1S/C22H29F3N4O2S/c1-16-15-27(20-5-4-18(14-19(20)23)32(2,30)31)12-13-28(16)21-26-10-3-11-29(21)17-6-8-22(24,25)9-7-17/h3-5,10-11,14,16-17,21H,6-9,12-13,15H2,1-2H3/t16-,21?/m1/s1. The Hall–Kier alpha value is -2.07. The van der Waals surface area contributed by atoms with Gasteiger partial charge in [0.25, 0.3) is 0 Å². The van der Waals surface area contributed by atoms with Gasteiger partial charge >= 0.3 is 0 Å². The van der Waals surface area contributed by atoms with Crippen LogP contribution < -0.4 is 4.90 Å². The Balaban J connectivity index is 1.46. The molecule has 4 rings (SSSR count). The summed E-state index contributed by atoms with van der Waals surface area (Å²) in [7, 11) is -3.47. The van der Waals surface area contributed by atoms with Gasteiger partial charge in [-0.3, -0.25) is 9.89 Å². The van der Waals surface area contributed by atoms with Crippen molar-refractivity contribution in [3.63, 3.8) is 0 Å². The highest BCUT2D eigenvalue weighted by atomic mass is 32.2. The average molecular weight is 471 g/mol. The summed E-state index contributed by atoms with van der Waals surface area (Å²) < 4.78 is 65.3. The zero-order valence-electron chi connectivity index (χ0n) is 18.3. The van der Waals surface area contributed by atoms with Crippen molar-refractivity contribution >= 4 is 21.7 Å². The van der Waals surface area contributed by atoms with Gasteiger partial charge in [0.1, 0.15) is 5.82 Å². The van der Waals surface area contributed by atoms with Crippen LogP contribution in [0.1, 0.15) is 32.6 Å². The quantitative estimate of drug-likeness (QED) is 0.674. The highest BCUT2D eigenvalue weighted by molar-refractivity contribution is 7.90. The number of piperazine rings is 1. The Morgan fingerprint density at radius 2 is 1.88 bits per heavy atom. The minimum atomic E-state index is -3.47. The van der Waals surface area contributed by atoms with Crippen molar-refractivity contribution in [2.75, 3.05) is 30.8 Å². The minimum absolute atomic E-state index is 0.0135. The summed E-state index contributed by atoms with van der Waals surface area (Å²) >= 11 is 0. The van der Waals surface area contributed by atoms with E-state index in [1.54, 1.807) is 6.21 Å². The molecule has 2 heterocycles. The van der Waals surface area contributed by atoms with Gasteiger partial charge in [0.15, 0.2) is 16.1 Å². The molecule has 0 bridgehead atoms. The molecule has 1 saturated carbocycles. The number of aliphatic imine (C=N–C) groups is 1. The van der Waals surface area contributed by atoms with Crippen molar-refractivity contribution in [2.45, 2.75) is 61.8 Å². The molecule has 1 aromatic rings. The van der Waals surface area contributed by atoms with E-state index < -0.39 is 21.6 Å². The van der Waals surface area contributed by atoms with Crippen LogP contribution in [0.2, 0.25) is 0 Å². The molecule has 2 aliphatic heterocycles. The van der Waals surface area contributed by atoms with Gasteiger partial charge in [0, 0.05) is 63.2 Å². The lowest BCUT2D eigenvalue weighted by Crippen LogP contribution is -2.60. The molecule has 2 atom stereocenters. The molecule has 32 heavy (non-hydrogen) atoms. The van der Waals surface area contributed by atoms with Crippen LogP contribution in [-0.4, -0.2) is 74.6 Å². The highest BCUT2D eigenvalue weighted by Gasteiger charge is 2.40. The number of hydrogen-bond donors (Lipinski definition) is 0. The number of nitrogens with zero attached hydrogens (tertiary/aromatic N) is 4. The predicted molar refractivity (Wildman–Crippen MR) is 118 cm³/mol. The topological polar surface area (TPSA) is 56.2 Å². The molecule has 1 aliphatic carbocycles. The summed E-state index contributed by atoms with van der Waals surface area (Å²) in [5.74, 6) is -3.14. The van der Waals surface area contributed by atoms with Gasteiger partial charge in [-0.2, -0.15) is 0 Å². The van der Waals surface area contributed by atoms with E-state index in [9.17, 15) is 21.6 Å². The van der Waals surface area contributed by atoms with Crippen molar-refractivity contribution < 1.29 is 21.6 Å². The first-order chi connectivity index (χ1) is 15.0. The third-order valence-electron chi connectivity index (χ3n) is 6.60. The van der Waals surface area contributed by atoms with E-state index in [1.165, 1.54) is 12.1 Å². The summed E-state index contributed by atoms with van der Waals surface area (Å²) in [5, 5.41) is 0. The van der Waals surface area contributed by atoms with Crippen molar-refractivity contribution in [1.29, 1.82) is 0 Å². The minimum Gasteiger partial charge on any atom is -0.366 e. The Kier molecular flexibility index (Phi) is 6.28. The highest BCUT2D eigenvalue weighted by Crippen LogP contribution is 2.37. The first-order valence-electron chi connectivity index (χ1n) is 10.9. The SMILES string of the molecule is C[C@@H]1CN(c2ccc(S(C)(=O)=O)cc2F)CCN1C1N=CC=CN1C1CCC(F)(F)CC1. The second kappa shape index (κ2) is 8.70. The fraction of sp³-hybridized carbons (Fsp3) is 0.591. The molecule has 0 spiro atoms. The molecule has 3 aliphatic rings. The van der Waals surface area contributed by atoms with Crippen LogP contribution in [0.3, 0.4) is 0 Å². The molecular weight excluding hydrogens is 441 g/mol. The molecule has 1 saturated heterocycles. The fourth-order valence-corrected chi connectivity index (χ4v) is 5.45. The fourth-order valence-electron chi connectivity index (χ4n) is 4.82. The zero-order valence-corrected chi connectivity index (χ0v) is 19.1. The van der Waals surface area contributed by atoms with E-state index in [0.717, 1.165) is 12.3 Å². The van der Waals surface area contributed by atoms with Crippen LogP contribution in [0.15, 0.2) is 40.4 Å². The van der Waals surface area contributed by atoms with Crippen molar-refractivity contribution in [3.8, 4) is 0 Å². The van der Waals surface area contributed by atoms with Crippen molar-refractivity contribution in [3.05, 3.63) is 36.3 Å². The molecule has 0 aromatic heterocycles. The Bertz CT molecular complexity index is 1000. The van der Waals surface area contributed by atoms with E-state index in [4.69, 9.17) is 0 Å². The summed E-state index contributed by atoms with van der Waals surface area (Å²) in [6.07, 6.45) is 6.94. The molecule has 0 N–H and O–H groups in total. The third kappa shape index (κ3) is 4.80. The number of alkyl halides is 2. The maximum absolute atomic E-state index is 14.7. The number of rotatable bonds is 4. The van der Waals surface area contributed by atoms with E-state index in [-0.39, 0.29) is 36.1 Å². The van der Waals surface area contributed by atoms with Crippen LogP contribution in [0.25, 0.3) is 0 Å².